The Morgan fingerprint density at radius 2 is 1.86 bits per heavy atom. The largest absolute Gasteiger partial charge is 0.416 e. The number of benzene rings is 1. The van der Waals surface area contributed by atoms with Crippen LogP contribution < -0.4 is 5.43 Å². The van der Waals surface area contributed by atoms with Crippen LogP contribution in [0.4, 0.5) is 24.5 Å². The highest BCUT2D eigenvalue weighted by molar-refractivity contribution is 5.83. The summed E-state index contributed by atoms with van der Waals surface area (Å²) in [5.41, 5.74) is 4.00. The van der Waals surface area contributed by atoms with Gasteiger partial charge in [-0.1, -0.05) is 0 Å². The maximum absolute atomic E-state index is 12.8. The molecule has 3 aromatic rings. The van der Waals surface area contributed by atoms with Crippen molar-refractivity contribution in [3.05, 3.63) is 81.4 Å². The minimum atomic E-state index is -4.67. The first-order valence-electron chi connectivity index (χ1n) is 8.42. The van der Waals surface area contributed by atoms with Gasteiger partial charge in [-0.2, -0.15) is 18.3 Å². The van der Waals surface area contributed by atoms with Crippen molar-refractivity contribution < 1.29 is 18.1 Å². The molecule has 10 heteroatoms. The number of nitro benzene ring substituents is 1. The number of rotatable bonds is 5. The van der Waals surface area contributed by atoms with Gasteiger partial charge in [-0.3, -0.25) is 20.5 Å². The molecule has 150 valence electrons. The van der Waals surface area contributed by atoms with E-state index in [0.29, 0.717) is 6.07 Å². The molecule has 29 heavy (non-hydrogen) atoms. The number of nitro groups is 1. The Kier molecular flexibility index (Phi) is 5.35. The van der Waals surface area contributed by atoms with Gasteiger partial charge in [-0.25, -0.2) is 0 Å². The van der Waals surface area contributed by atoms with Crippen LogP contribution in [-0.4, -0.2) is 20.7 Å². The molecule has 2 aromatic heterocycles. The highest BCUT2D eigenvalue weighted by Crippen LogP contribution is 2.35. The Bertz CT molecular complexity index is 1080. The predicted octanol–water partition coefficient (Wildman–Crippen LogP) is 4.86. The molecule has 0 atom stereocenters. The molecular formula is C19H16F3N5O2. The van der Waals surface area contributed by atoms with Crippen molar-refractivity contribution in [2.75, 3.05) is 5.43 Å². The van der Waals surface area contributed by atoms with E-state index in [1.54, 1.807) is 12.4 Å². The molecule has 0 aliphatic rings. The van der Waals surface area contributed by atoms with Crippen LogP contribution in [0, 0.1) is 24.0 Å². The first kappa shape index (κ1) is 20.1. The number of pyridine rings is 1. The van der Waals surface area contributed by atoms with Crippen LogP contribution in [0.1, 0.15) is 22.5 Å². The molecule has 0 amide bonds. The second-order valence-corrected chi connectivity index (χ2v) is 6.22. The summed E-state index contributed by atoms with van der Waals surface area (Å²) in [6, 6.07) is 7.81. The SMILES string of the molecule is Cc1cc(/C=N\Nc2ccc(C(F)(F)F)cc2[N+](=O)[O-])c(C)n1-c1ccncc1. The van der Waals surface area contributed by atoms with E-state index in [-0.39, 0.29) is 5.69 Å². The average Bonchev–Trinajstić information content (AvgIpc) is 2.95. The number of anilines is 1. The zero-order valence-corrected chi connectivity index (χ0v) is 15.4. The third-order valence-electron chi connectivity index (χ3n) is 4.30. The quantitative estimate of drug-likeness (QED) is 0.374. The van der Waals surface area contributed by atoms with Gasteiger partial charge >= 0.3 is 6.18 Å². The normalized spacial score (nSPS) is 11.8. The molecule has 0 aliphatic carbocycles. The molecule has 3 rings (SSSR count). The van der Waals surface area contributed by atoms with Crippen molar-refractivity contribution in [1.82, 2.24) is 9.55 Å². The summed E-state index contributed by atoms with van der Waals surface area (Å²) in [4.78, 5) is 14.2. The molecule has 0 unspecified atom stereocenters. The Morgan fingerprint density at radius 1 is 1.17 bits per heavy atom. The average molecular weight is 403 g/mol. The number of hydrazone groups is 1. The third kappa shape index (κ3) is 4.26. The zero-order valence-electron chi connectivity index (χ0n) is 15.4. The van der Waals surface area contributed by atoms with Crippen molar-refractivity contribution in [2.24, 2.45) is 5.10 Å². The Morgan fingerprint density at radius 3 is 2.48 bits per heavy atom. The molecule has 2 heterocycles. The lowest BCUT2D eigenvalue weighted by atomic mass is 10.1. The van der Waals surface area contributed by atoms with Crippen LogP contribution in [0.2, 0.25) is 0 Å². The van der Waals surface area contributed by atoms with Crippen LogP contribution in [0.25, 0.3) is 5.69 Å². The molecule has 0 saturated heterocycles. The van der Waals surface area contributed by atoms with Gasteiger partial charge in [0.1, 0.15) is 5.69 Å². The Hall–Kier alpha value is -3.69. The van der Waals surface area contributed by atoms with Gasteiger partial charge in [0.15, 0.2) is 0 Å². The summed E-state index contributed by atoms with van der Waals surface area (Å²) < 4.78 is 40.3. The number of nitrogens with one attached hydrogen (secondary N) is 1. The van der Waals surface area contributed by atoms with Crippen molar-refractivity contribution >= 4 is 17.6 Å². The number of hydrogen-bond donors (Lipinski definition) is 1. The summed E-state index contributed by atoms with van der Waals surface area (Å²) in [7, 11) is 0. The van der Waals surface area contributed by atoms with Gasteiger partial charge in [0.2, 0.25) is 0 Å². The molecule has 1 aromatic carbocycles. The van der Waals surface area contributed by atoms with Gasteiger partial charge in [-0.05, 0) is 44.2 Å². The molecule has 0 radical (unpaired) electrons. The molecule has 1 N–H and O–H groups in total. The predicted molar refractivity (Wildman–Crippen MR) is 102 cm³/mol. The molecule has 0 saturated carbocycles. The fourth-order valence-corrected chi connectivity index (χ4v) is 2.93. The first-order valence-corrected chi connectivity index (χ1v) is 8.42. The summed E-state index contributed by atoms with van der Waals surface area (Å²) >= 11 is 0. The summed E-state index contributed by atoms with van der Waals surface area (Å²) in [6.07, 6.45) is 0.138. The van der Waals surface area contributed by atoms with Crippen molar-refractivity contribution in [3.8, 4) is 5.69 Å². The van der Waals surface area contributed by atoms with E-state index in [2.05, 4.69) is 15.5 Å². The monoisotopic (exact) mass is 403 g/mol. The molecule has 0 bridgehead atoms. The van der Waals surface area contributed by atoms with E-state index in [0.717, 1.165) is 34.8 Å². The molecule has 0 fully saturated rings. The van der Waals surface area contributed by atoms with E-state index < -0.39 is 22.4 Å². The lowest BCUT2D eigenvalue weighted by Crippen LogP contribution is -2.06. The lowest BCUT2D eigenvalue weighted by Gasteiger charge is -2.09. The van der Waals surface area contributed by atoms with Gasteiger partial charge in [0.05, 0.1) is 16.7 Å². The van der Waals surface area contributed by atoms with Crippen LogP contribution in [0.15, 0.2) is 53.9 Å². The van der Waals surface area contributed by atoms with Crippen molar-refractivity contribution in [2.45, 2.75) is 20.0 Å². The summed E-state index contributed by atoms with van der Waals surface area (Å²) in [6.45, 7) is 3.80. The molecule has 7 nitrogen and oxygen atoms in total. The smallest absolute Gasteiger partial charge is 0.318 e. The minimum Gasteiger partial charge on any atom is -0.318 e. The van der Waals surface area contributed by atoms with Crippen LogP contribution in [0.5, 0.6) is 0 Å². The zero-order chi connectivity index (χ0) is 21.2. The number of alkyl halides is 3. The third-order valence-corrected chi connectivity index (χ3v) is 4.30. The number of aromatic nitrogens is 2. The second-order valence-electron chi connectivity index (χ2n) is 6.22. The van der Waals surface area contributed by atoms with Crippen molar-refractivity contribution in [1.29, 1.82) is 0 Å². The van der Waals surface area contributed by atoms with Crippen molar-refractivity contribution in [3.63, 3.8) is 0 Å². The summed E-state index contributed by atoms with van der Waals surface area (Å²) in [5, 5.41) is 15.1. The number of halogens is 3. The number of aryl methyl sites for hydroxylation is 1. The minimum absolute atomic E-state index is 0.137. The van der Waals surface area contributed by atoms with Crippen LogP contribution >= 0.6 is 0 Å². The van der Waals surface area contributed by atoms with Gasteiger partial charge in [-0.15, -0.1) is 0 Å². The summed E-state index contributed by atoms with van der Waals surface area (Å²) in [5.74, 6) is 0. The molecule has 0 aliphatic heterocycles. The lowest BCUT2D eigenvalue weighted by molar-refractivity contribution is -0.384. The van der Waals surface area contributed by atoms with E-state index >= 15 is 0 Å². The standard InChI is InChI=1S/C19H16F3N5O2/c1-12-9-14(13(2)26(12)16-5-7-23-8-6-16)11-24-25-17-4-3-15(19(20,21)22)10-18(17)27(28)29/h3-11,25H,1-2H3/b24-11-. The number of nitrogens with zero attached hydrogens (tertiary/aromatic N) is 4. The van der Waals surface area contributed by atoms with Gasteiger partial charge in [0.25, 0.3) is 5.69 Å². The topological polar surface area (TPSA) is 85.4 Å². The van der Waals surface area contributed by atoms with E-state index in [4.69, 9.17) is 0 Å². The van der Waals surface area contributed by atoms with E-state index in [1.807, 2.05) is 36.6 Å². The maximum Gasteiger partial charge on any atom is 0.416 e. The maximum atomic E-state index is 12.8. The second kappa shape index (κ2) is 7.74. The fraction of sp³-hybridized carbons (Fsp3) is 0.158. The van der Waals surface area contributed by atoms with E-state index in [1.165, 1.54) is 6.21 Å². The fourth-order valence-electron chi connectivity index (χ4n) is 2.93. The molecular weight excluding hydrogens is 387 g/mol. The first-order chi connectivity index (χ1) is 13.7. The highest BCUT2D eigenvalue weighted by Gasteiger charge is 2.33. The van der Waals surface area contributed by atoms with Crippen LogP contribution in [0.3, 0.4) is 0 Å². The number of hydrogen-bond acceptors (Lipinski definition) is 5. The van der Waals surface area contributed by atoms with Gasteiger partial charge in [0, 0.05) is 41.1 Å². The highest BCUT2D eigenvalue weighted by atomic mass is 19.4. The van der Waals surface area contributed by atoms with Crippen LogP contribution in [-0.2, 0) is 6.18 Å². The molecule has 0 spiro atoms. The van der Waals surface area contributed by atoms with Gasteiger partial charge < -0.3 is 4.57 Å². The van der Waals surface area contributed by atoms with E-state index in [9.17, 15) is 23.3 Å². The Labute approximate surface area is 163 Å². The Balaban J connectivity index is 1.87.